The minimum absolute atomic E-state index is 0.0150. The van der Waals surface area contributed by atoms with Crippen LogP contribution in [0.3, 0.4) is 0 Å². The number of benzene rings is 2. The maximum atomic E-state index is 12.4. The van der Waals surface area contributed by atoms with Crippen LogP contribution in [0.5, 0.6) is 0 Å². The molecule has 0 unspecified atom stereocenters. The van der Waals surface area contributed by atoms with Gasteiger partial charge in [0.15, 0.2) is 0 Å². The second kappa shape index (κ2) is 7.18. The van der Waals surface area contributed by atoms with E-state index in [1.165, 1.54) is 5.56 Å². The molecule has 1 fully saturated rings. The molecule has 4 nitrogen and oxygen atoms in total. The summed E-state index contributed by atoms with van der Waals surface area (Å²) in [5.74, 6) is -0.446. The molecule has 2 aromatic carbocycles. The highest BCUT2D eigenvalue weighted by atomic mass is 79.9. The lowest BCUT2D eigenvalue weighted by Crippen LogP contribution is -2.28. The summed E-state index contributed by atoms with van der Waals surface area (Å²) in [5, 5.41) is 2.91. The van der Waals surface area contributed by atoms with Gasteiger partial charge < -0.3 is 10.2 Å². The number of carbonyl (C=O) groups is 2. The molecule has 1 saturated heterocycles. The Morgan fingerprint density at radius 1 is 1.17 bits per heavy atom. The highest BCUT2D eigenvalue weighted by Crippen LogP contribution is 2.27. The summed E-state index contributed by atoms with van der Waals surface area (Å²) in [7, 11) is 0. The van der Waals surface area contributed by atoms with Gasteiger partial charge in [0, 0.05) is 28.8 Å². The summed E-state index contributed by atoms with van der Waals surface area (Å²) in [6, 6.07) is 15.4. The van der Waals surface area contributed by atoms with Gasteiger partial charge in [-0.15, -0.1) is 0 Å². The number of nitrogens with zero attached hydrogens (tertiary/aromatic N) is 1. The lowest BCUT2D eigenvalue weighted by atomic mass is 10.1. The molecule has 0 saturated carbocycles. The van der Waals surface area contributed by atoms with Gasteiger partial charge in [0.1, 0.15) is 0 Å². The zero-order chi connectivity index (χ0) is 17.1. The van der Waals surface area contributed by atoms with Crippen molar-refractivity contribution < 1.29 is 9.59 Å². The lowest BCUT2D eigenvalue weighted by molar-refractivity contribution is -0.122. The van der Waals surface area contributed by atoms with Crippen molar-refractivity contribution in [3.8, 4) is 0 Å². The number of carbonyl (C=O) groups excluding carboxylic acids is 2. The molecule has 1 aliphatic rings. The van der Waals surface area contributed by atoms with Gasteiger partial charge in [-0.05, 0) is 48.4 Å². The van der Waals surface area contributed by atoms with Crippen molar-refractivity contribution in [2.24, 2.45) is 5.92 Å². The average Bonchev–Trinajstić information content (AvgIpc) is 2.98. The van der Waals surface area contributed by atoms with E-state index in [4.69, 9.17) is 0 Å². The summed E-state index contributed by atoms with van der Waals surface area (Å²) in [5.41, 5.74) is 2.82. The number of halogens is 1. The third kappa shape index (κ3) is 3.67. The third-order valence-corrected chi connectivity index (χ3v) is 4.79. The Morgan fingerprint density at radius 3 is 2.46 bits per heavy atom. The van der Waals surface area contributed by atoms with Crippen LogP contribution >= 0.6 is 15.9 Å². The lowest BCUT2D eigenvalue weighted by Gasteiger charge is -2.17. The molecule has 124 valence electrons. The van der Waals surface area contributed by atoms with E-state index in [0.29, 0.717) is 6.54 Å². The normalized spacial score (nSPS) is 17.2. The number of anilines is 2. The molecule has 0 aliphatic carbocycles. The molecule has 0 aromatic heterocycles. The number of aryl methyl sites for hydroxylation is 1. The zero-order valence-electron chi connectivity index (χ0n) is 13.5. The first-order valence-electron chi connectivity index (χ1n) is 8.02. The molecule has 1 atom stereocenters. The fraction of sp³-hybridized carbons (Fsp3) is 0.263. The molecule has 24 heavy (non-hydrogen) atoms. The standard InChI is InChI=1S/C19H19BrN2O2/c1-2-13-3-7-16(8-4-13)21-19(24)14-11-18(23)22(12-14)17-9-5-15(20)6-10-17/h3-10,14H,2,11-12H2,1H3,(H,21,24)/t14-/m0/s1. The van der Waals surface area contributed by atoms with Gasteiger partial charge in [-0.25, -0.2) is 0 Å². The molecule has 0 spiro atoms. The second-order valence-electron chi connectivity index (χ2n) is 5.92. The van der Waals surface area contributed by atoms with Crippen LogP contribution in [0.1, 0.15) is 18.9 Å². The topological polar surface area (TPSA) is 49.4 Å². The van der Waals surface area contributed by atoms with Crippen LogP contribution in [0.4, 0.5) is 11.4 Å². The van der Waals surface area contributed by atoms with Gasteiger partial charge in [0.2, 0.25) is 11.8 Å². The van der Waals surface area contributed by atoms with Crippen molar-refractivity contribution in [2.45, 2.75) is 19.8 Å². The van der Waals surface area contributed by atoms with Crippen LogP contribution in [-0.4, -0.2) is 18.4 Å². The van der Waals surface area contributed by atoms with Crippen LogP contribution < -0.4 is 10.2 Å². The minimum atomic E-state index is -0.327. The molecule has 1 aliphatic heterocycles. The van der Waals surface area contributed by atoms with Crippen molar-refractivity contribution in [3.63, 3.8) is 0 Å². The Balaban J connectivity index is 1.66. The minimum Gasteiger partial charge on any atom is -0.326 e. The van der Waals surface area contributed by atoms with Crippen LogP contribution in [0.2, 0.25) is 0 Å². The van der Waals surface area contributed by atoms with E-state index in [0.717, 1.165) is 22.3 Å². The Hall–Kier alpha value is -2.14. The second-order valence-corrected chi connectivity index (χ2v) is 6.84. The SMILES string of the molecule is CCc1ccc(NC(=O)[C@H]2CC(=O)N(c3ccc(Br)cc3)C2)cc1. The molecule has 5 heteroatoms. The van der Waals surface area contributed by atoms with Gasteiger partial charge in [0.25, 0.3) is 0 Å². The molecule has 0 radical (unpaired) electrons. The smallest absolute Gasteiger partial charge is 0.229 e. The summed E-state index contributed by atoms with van der Waals surface area (Å²) in [4.78, 5) is 26.4. The van der Waals surface area contributed by atoms with Gasteiger partial charge in [-0.2, -0.15) is 0 Å². The molecule has 1 heterocycles. The highest BCUT2D eigenvalue weighted by molar-refractivity contribution is 9.10. The Labute approximate surface area is 150 Å². The zero-order valence-corrected chi connectivity index (χ0v) is 15.0. The number of hydrogen-bond acceptors (Lipinski definition) is 2. The fourth-order valence-electron chi connectivity index (χ4n) is 2.82. The van der Waals surface area contributed by atoms with Gasteiger partial charge in [-0.3, -0.25) is 9.59 Å². The van der Waals surface area contributed by atoms with Crippen molar-refractivity contribution >= 4 is 39.1 Å². The first kappa shape index (κ1) is 16.7. The van der Waals surface area contributed by atoms with E-state index in [-0.39, 0.29) is 24.2 Å². The molecule has 3 rings (SSSR count). The van der Waals surface area contributed by atoms with Crippen molar-refractivity contribution in [2.75, 3.05) is 16.8 Å². The van der Waals surface area contributed by atoms with E-state index in [1.807, 2.05) is 48.5 Å². The van der Waals surface area contributed by atoms with E-state index in [1.54, 1.807) is 4.90 Å². The Morgan fingerprint density at radius 2 is 1.83 bits per heavy atom. The summed E-state index contributed by atoms with van der Waals surface area (Å²) >= 11 is 3.38. The third-order valence-electron chi connectivity index (χ3n) is 4.26. The summed E-state index contributed by atoms with van der Waals surface area (Å²) in [6.45, 7) is 2.51. The number of nitrogens with one attached hydrogen (secondary N) is 1. The summed E-state index contributed by atoms with van der Waals surface area (Å²) in [6.07, 6.45) is 1.21. The van der Waals surface area contributed by atoms with Crippen LogP contribution in [0.25, 0.3) is 0 Å². The van der Waals surface area contributed by atoms with Gasteiger partial charge in [-0.1, -0.05) is 35.0 Å². The molecular weight excluding hydrogens is 368 g/mol. The molecule has 1 N–H and O–H groups in total. The average molecular weight is 387 g/mol. The Kier molecular flexibility index (Phi) is 5.00. The quantitative estimate of drug-likeness (QED) is 0.862. The van der Waals surface area contributed by atoms with E-state index in [2.05, 4.69) is 28.2 Å². The molecule has 2 amide bonds. The fourth-order valence-corrected chi connectivity index (χ4v) is 3.09. The predicted molar refractivity (Wildman–Crippen MR) is 99.1 cm³/mol. The van der Waals surface area contributed by atoms with Crippen molar-refractivity contribution in [1.82, 2.24) is 0 Å². The number of amides is 2. The van der Waals surface area contributed by atoms with E-state index < -0.39 is 0 Å². The monoisotopic (exact) mass is 386 g/mol. The number of hydrogen-bond donors (Lipinski definition) is 1. The maximum Gasteiger partial charge on any atom is 0.229 e. The largest absolute Gasteiger partial charge is 0.326 e. The van der Waals surface area contributed by atoms with E-state index in [9.17, 15) is 9.59 Å². The molecular formula is C19H19BrN2O2. The van der Waals surface area contributed by atoms with Crippen LogP contribution in [0, 0.1) is 5.92 Å². The molecule has 0 bridgehead atoms. The summed E-state index contributed by atoms with van der Waals surface area (Å²) < 4.78 is 0.961. The Bertz CT molecular complexity index is 741. The van der Waals surface area contributed by atoms with Crippen LogP contribution in [0.15, 0.2) is 53.0 Å². The highest BCUT2D eigenvalue weighted by Gasteiger charge is 2.35. The predicted octanol–water partition coefficient (Wildman–Crippen LogP) is 4.00. The maximum absolute atomic E-state index is 12.4. The first-order valence-corrected chi connectivity index (χ1v) is 8.82. The van der Waals surface area contributed by atoms with Crippen molar-refractivity contribution in [3.05, 3.63) is 58.6 Å². The molecule has 2 aromatic rings. The van der Waals surface area contributed by atoms with E-state index >= 15 is 0 Å². The van der Waals surface area contributed by atoms with Gasteiger partial charge in [0.05, 0.1) is 5.92 Å². The first-order chi connectivity index (χ1) is 11.6. The number of rotatable bonds is 4. The van der Waals surface area contributed by atoms with Gasteiger partial charge >= 0.3 is 0 Å². The van der Waals surface area contributed by atoms with Crippen LogP contribution in [-0.2, 0) is 16.0 Å². The van der Waals surface area contributed by atoms with Crippen molar-refractivity contribution in [1.29, 1.82) is 0 Å².